The van der Waals surface area contributed by atoms with E-state index in [1.54, 1.807) is 26.0 Å². The summed E-state index contributed by atoms with van der Waals surface area (Å²) in [5, 5.41) is 16.3. The molecule has 1 aromatic heterocycles. The second-order valence-electron chi connectivity index (χ2n) is 7.00. The minimum atomic E-state index is -1.03. The van der Waals surface area contributed by atoms with E-state index in [-0.39, 0.29) is 18.4 Å². The fourth-order valence-electron chi connectivity index (χ4n) is 2.46. The molecule has 0 saturated heterocycles. The summed E-state index contributed by atoms with van der Waals surface area (Å²) in [4.78, 5) is 8.06. The van der Waals surface area contributed by atoms with Gasteiger partial charge in [-0.1, -0.05) is 0 Å². The molecule has 0 unspecified atom stereocenters. The van der Waals surface area contributed by atoms with Crippen LogP contribution in [0.3, 0.4) is 0 Å². The van der Waals surface area contributed by atoms with E-state index in [2.05, 4.69) is 20.4 Å². The first kappa shape index (κ1) is 18.9. The van der Waals surface area contributed by atoms with Crippen LogP contribution in [0.1, 0.15) is 43.7 Å². The monoisotopic (exact) mass is 371 g/mol. The largest absolute Gasteiger partial charge is 0.457 e. The molecule has 1 aliphatic rings. The Hall–Kier alpha value is -2.87. The number of nitrogens with one attached hydrogen (secondary N) is 2. The molecule has 0 amide bonds. The normalized spacial score (nSPS) is 14.7. The van der Waals surface area contributed by atoms with Gasteiger partial charge in [-0.25, -0.2) is 19.9 Å². The number of hydrogen-bond donors (Lipinski definition) is 3. The van der Waals surface area contributed by atoms with Crippen molar-refractivity contribution in [3.63, 3.8) is 0 Å². The van der Waals surface area contributed by atoms with E-state index in [1.165, 1.54) is 24.7 Å². The third-order valence-corrected chi connectivity index (χ3v) is 4.25. The number of ether oxygens (including phenoxy) is 1. The zero-order valence-electron chi connectivity index (χ0n) is 15.2. The van der Waals surface area contributed by atoms with Crippen molar-refractivity contribution >= 4 is 5.69 Å². The van der Waals surface area contributed by atoms with Crippen molar-refractivity contribution in [1.29, 1.82) is 5.53 Å². The van der Waals surface area contributed by atoms with Crippen LogP contribution in [-0.2, 0) is 5.60 Å². The van der Waals surface area contributed by atoms with Crippen LogP contribution in [-0.4, -0.2) is 21.7 Å². The van der Waals surface area contributed by atoms with Crippen LogP contribution in [0.4, 0.5) is 10.1 Å². The highest BCUT2D eigenvalue weighted by molar-refractivity contribution is 5.50. The van der Waals surface area contributed by atoms with Crippen molar-refractivity contribution in [1.82, 2.24) is 9.97 Å². The van der Waals surface area contributed by atoms with Gasteiger partial charge in [0.2, 0.25) is 0 Å². The summed E-state index contributed by atoms with van der Waals surface area (Å²) in [5.41, 5.74) is 8.57. The van der Waals surface area contributed by atoms with Gasteiger partial charge in [0.1, 0.15) is 18.1 Å². The summed E-state index contributed by atoms with van der Waals surface area (Å²) in [7, 11) is 0. The summed E-state index contributed by atoms with van der Waals surface area (Å²) in [6.45, 7) is 3.28. The molecular weight excluding hydrogens is 349 g/mol. The molecule has 8 heteroatoms. The number of hydrogen-bond acceptors (Lipinski definition) is 7. The predicted molar refractivity (Wildman–Crippen MR) is 98.0 cm³/mol. The molecule has 1 aromatic carbocycles. The van der Waals surface area contributed by atoms with Gasteiger partial charge in [0.15, 0.2) is 0 Å². The maximum Gasteiger partial charge on any atom is 0.316 e. The number of aromatic nitrogens is 2. The van der Waals surface area contributed by atoms with E-state index >= 15 is 0 Å². The summed E-state index contributed by atoms with van der Waals surface area (Å²) < 4.78 is 19.2. The zero-order chi connectivity index (χ0) is 19.4. The number of benzene rings is 1. The smallest absolute Gasteiger partial charge is 0.316 e. The highest BCUT2D eigenvalue weighted by Gasteiger charge is 2.26. The SMILES string of the molecule is CC(C)(O)c1cnc(OC/C(=C/Nc2ccc(F)c(C3CC3)c2)N=N)nc1. The van der Waals surface area contributed by atoms with Gasteiger partial charge in [0, 0.05) is 29.8 Å². The summed E-state index contributed by atoms with van der Waals surface area (Å²) >= 11 is 0. The Morgan fingerprint density at radius 1 is 1.41 bits per heavy atom. The molecule has 0 radical (unpaired) electrons. The van der Waals surface area contributed by atoms with E-state index in [4.69, 9.17) is 10.3 Å². The Labute approximate surface area is 156 Å². The standard InChI is InChI=1S/C19H22FN5O2/c1-19(2,26)13-8-23-18(24-9-13)27-11-15(25-21)10-22-14-5-6-17(20)16(7-14)12-3-4-12/h5-10,12,21-22,26H,3-4,11H2,1-2H3/b15-10-,25-21?. The Morgan fingerprint density at radius 2 is 2.11 bits per heavy atom. The van der Waals surface area contributed by atoms with Gasteiger partial charge in [-0.05, 0) is 56.4 Å². The molecule has 7 nitrogen and oxygen atoms in total. The van der Waals surface area contributed by atoms with Crippen LogP contribution in [0.5, 0.6) is 6.01 Å². The molecule has 0 bridgehead atoms. The van der Waals surface area contributed by atoms with Crippen LogP contribution in [0.2, 0.25) is 0 Å². The van der Waals surface area contributed by atoms with Crippen LogP contribution in [0.25, 0.3) is 0 Å². The van der Waals surface area contributed by atoms with E-state index in [0.717, 1.165) is 18.5 Å². The van der Waals surface area contributed by atoms with Gasteiger partial charge in [0.05, 0.1) is 5.60 Å². The molecule has 0 spiro atoms. The van der Waals surface area contributed by atoms with E-state index in [1.807, 2.05) is 0 Å². The molecule has 3 rings (SSSR count). The number of nitrogens with zero attached hydrogens (tertiary/aromatic N) is 3. The number of halogens is 1. The summed E-state index contributed by atoms with van der Waals surface area (Å²) in [5.74, 6) is 0.121. The lowest BCUT2D eigenvalue weighted by Crippen LogP contribution is -2.16. The first-order valence-corrected chi connectivity index (χ1v) is 8.67. The van der Waals surface area contributed by atoms with Gasteiger partial charge in [-0.2, -0.15) is 5.11 Å². The molecule has 1 heterocycles. The lowest BCUT2D eigenvalue weighted by molar-refractivity contribution is 0.0776. The van der Waals surface area contributed by atoms with Gasteiger partial charge >= 0.3 is 6.01 Å². The van der Waals surface area contributed by atoms with Crippen LogP contribution < -0.4 is 10.1 Å². The predicted octanol–water partition coefficient (Wildman–Crippen LogP) is 4.08. The van der Waals surface area contributed by atoms with Crippen molar-refractivity contribution in [2.75, 3.05) is 11.9 Å². The van der Waals surface area contributed by atoms with Gasteiger partial charge in [-0.15, -0.1) is 0 Å². The minimum Gasteiger partial charge on any atom is -0.457 e. The zero-order valence-corrected chi connectivity index (χ0v) is 15.2. The van der Waals surface area contributed by atoms with E-state index in [0.29, 0.717) is 22.7 Å². The third kappa shape index (κ3) is 5.07. The van der Waals surface area contributed by atoms with E-state index < -0.39 is 5.60 Å². The number of rotatable bonds is 8. The van der Waals surface area contributed by atoms with Crippen LogP contribution in [0.15, 0.2) is 47.6 Å². The molecule has 0 aliphatic heterocycles. The Bertz CT molecular complexity index is 842. The molecule has 0 atom stereocenters. The quantitative estimate of drug-likeness (QED) is 0.607. The third-order valence-electron chi connectivity index (χ3n) is 4.25. The molecule has 1 aliphatic carbocycles. The van der Waals surface area contributed by atoms with Crippen LogP contribution >= 0.6 is 0 Å². The Morgan fingerprint density at radius 3 is 2.70 bits per heavy atom. The lowest BCUT2D eigenvalue weighted by atomic mass is 10.0. The Balaban J connectivity index is 1.60. The average Bonchev–Trinajstić information content (AvgIpc) is 3.48. The highest BCUT2D eigenvalue weighted by Crippen LogP contribution is 2.42. The summed E-state index contributed by atoms with van der Waals surface area (Å²) in [6.07, 6.45) is 6.54. The topological polar surface area (TPSA) is 103 Å². The average molecular weight is 371 g/mol. The molecule has 2 aromatic rings. The number of aliphatic hydroxyl groups is 1. The van der Waals surface area contributed by atoms with Crippen molar-refractivity contribution in [2.24, 2.45) is 5.11 Å². The highest BCUT2D eigenvalue weighted by atomic mass is 19.1. The molecule has 3 N–H and O–H groups in total. The van der Waals surface area contributed by atoms with Crippen molar-refractivity contribution < 1.29 is 14.2 Å². The second kappa shape index (κ2) is 7.79. The molecular formula is C19H22FN5O2. The molecule has 1 fully saturated rings. The first-order chi connectivity index (χ1) is 12.9. The van der Waals surface area contributed by atoms with Gasteiger partial charge in [-0.3, -0.25) is 0 Å². The maximum atomic E-state index is 13.8. The summed E-state index contributed by atoms with van der Waals surface area (Å²) in [6, 6.07) is 4.98. The van der Waals surface area contributed by atoms with Crippen molar-refractivity contribution in [3.05, 3.63) is 59.4 Å². The fourth-order valence-corrected chi connectivity index (χ4v) is 2.46. The van der Waals surface area contributed by atoms with Crippen LogP contribution in [0, 0.1) is 11.3 Å². The first-order valence-electron chi connectivity index (χ1n) is 8.67. The fraction of sp³-hybridized carbons (Fsp3) is 0.368. The van der Waals surface area contributed by atoms with Gasteiger partial charge in [0.25, 0.3) is 0 Å². The maximum absolute atomic E-state index is 13.8. The molecule has 27 heavy (non-hydrogen) atoms. The molecule has 1 saturated carbocycles. The van der Waals surface area contributed by atoms with Crippen molar-refractivity contribution in [2.45, 2.75) is 38.2 Å². The second-order valence-corrected chi connectivity index (χ2v) is 7.00. The van der Waals surface area contributed by atoms with Gasteiger partial charge < -0.3 is 15.2 Å². The van der Waals surface area contributed by atoms with E-state index in [9.17, 15) is 9.50 Å². The number of anilines is 1. The van der Waals surface area contributed by atoms with Crippen molar-refractivity contribution in [3.8, 4) is 6.01 Å². The molecule has 142 valence electrons. The minimum absolute atomic E-state index is 0.00492. The lowest BCUT2D eigenvalue weighted by Gasteiger charge is -2.16. The Kier molecular flexibility index (Phi) is 5.46.